The number of para-hydroxylation sites is 2. The van der Waals surface area contributed by atoms with Gasteiger partial charge in [-0.2, -0.15) is 9.37 Å². The first-order chi connectivity index (χ1) is 11.1. The predicted octanol–water partition coefficient (Wildman–Crippen LogP) is 4.48. The third kappa shape index (κ3) is 3.39. The lowest BCUT2D eigenvalue weighted by Crippen LogP contribution is -1.99. The van der Waals surface area contributed by atoms with E-state index in [0.29, 0.717) is 0 Å². The molecule has 0 N–H and O–H groups in total. The van der Waals surface area contributed by atoms with Gasteiger partial charge in [-0.25, -0.2) is 13.8 Å². The number of hydrogen-bond acceptors (Lipinski definition) is 4. The molecule has 7 heteroatoms. The van der Waals surface area contributed by atoms with Crippen molar-refractivity contribution in [1.82, 2.24) is 9.97 Å². The summed E-state index contributed by atoms with van der Waals surface area (Å²) in [5.74, 6) is -3.08. The first-order valence-electron chi connectivity index (χ1n) is 6.51. The summed E-state index contributed by atoms with van der Waals surface area (Å²) in [5, 5.41) is 0. The molecule has 0 atom stereocenters. The van der Waals surface area contributed by atoms with Crippen molar-refractivity contribution in [2.24, 2.45) is 0 Å². The van der Waals surface area contributed by atoms with Crippen molar-refractivity contribution >= 4 is 0 Å². The number of hydrogen-bond donors (Lipinski definition) is 0. The van der Waals surface area contributed by atoms with Crippen molar-refractivity contribution in [2.45, 2.75) is 0 Å². The molecule has 0 saturated heterocycles. The van der Waals surface area contributed by atoms with Gasteiger partial charge < -0.3 is 9.47 Å². The summed E-state index contributed by atoms with van der Waals surface area (Å²) in [5.41, 5.74) is 0. The molecule has 3 rings (SSSR count). The second-order valence-electron chi connectivity index (χ2n) is 4.37. The maximum Gasteiger partial charge on any atom is 0.325 e. The van der Waals surface area contributed by atoms with Crippen molar-refractivity contribution in [2.75, 3.05) is 0 Å². The Morgan fingerprint density at radius 3 is 1.87 bits per heavy atom. The minimum absolute atomic E-state index is 0.129. The van der Waals surface area contributed by atoms with Gasteiger partial charge >= 0.3 is 6.01 Å². The van der Waals surface area contributed by atoms with E-state index >= 15 is 0 Å². The second kappa shape index (κ2) is 6.35. The lowest BCUT2D eigenvalue weighted by molar-refractivity contribution is 0.365. The Kier molecular flexibility index (Phi) is 4.09. The van der Waals surface area contributed by atoms with Crippen molar-refractivity contribution in [3.63, 3.8) is 0 Å². The first kappa shape index (κ1) is 14.8. The molecule has 0 aliphatic carbocycles. The summed E-state index contributed by atoms with van der Waals surface area (Å²) >= 11 is 0. The number of benzene rings is 2. The molecule has 1 heterocycles. The molecule has 0 amide bonds. The van der Waals surface area contributed by atoms with E-state index in [2.05, 4.69) is 9.97 Å². The van der Waals surface area contributed by atoms with Gasteiger partial charge in [0.1, 0.15) is 0 Å². The third-order valence-corrected chi connectivity index (χ3v) is 2.77. The maximum atomic E-state index is 13.7. The molecule has 0 radical (unpaired) electrons. The monoisotopic (exact) mass is 318 g/mol. The Bertz CT molecular complexity index is 843. The van der Waals surface area contributed by atoms with Gasteiger partial charge in [0, 0.05) is 0 Å². The van der Waals surface area contributed by atoms with Crippen LogP contribution in [0.3, 0.4) is 0 Å². The molecule has 3 aromatic rings. The zero-order chi connectivity index (χ0) is 16.2. The minimum Gasteiger partial charge on any atom is -0.433 e. The van der Waals surface area contributed by atoms with Gasteiger partial charge in [0.15, 0.2) is 23.1 Å². The van der Waals surface area contributed by atoms with Crippen LogP contribution in [0.2, 0.25) is 0 Å². The molecule has 0 unspecified atom stereocenters. The van der Waals surface area contributed by atoms with Gasteiger partial charge in [-0.3, -0.25) is 0 Å². The molecular weight excluding hydrogens is 309 g/mol. The summed E-state index contributed by atoms with van der Waals surface area (Å²) in [6.07, 6.45) is 0.791. The molecule has 0 fully saturated rings. The largest absolute Gasteiger partial charge is 0.433 e. The van der Waals surface area contributed by atoms with Gasteiger partial charge in [-0.1, -0.05) is 24.3 Å². The minimum atomic E-state index is -0.908. The van der Waals surface area contributed by atoms with Gasteiger partial charge in [-0.15, -0.1) is 0 Å². The van der Waals surface area contributed by atoms with E-state index in [0.717, 1.165) is 12.3 Å². The summed E-state index contributed by atoms with van der Waals surface area (Å²) in [4.78, 5) is 7.27. The van der Waals surface area contributed by atoms with Gasteiger partial charge in [-0.05, 0) is 24.3 Å². The quantitative estimate of drug-likeness (QED) is 0.711. The molecule has 0 aliphatic heterocycles. The van der Waals surface area contributed by atoms with Gasteiger partial charge in [0.2, 0.25) is 5.82 Å². The topological polar surface area (TPSA) is 44.2 Å². The van der Waals surface area contributed by atoms with Crippen LogP contribution < -0.4 is 9.47 Å². The molecule has 0 spiro atoms. The standard InChI is InChI=1S/C16H9F3N2O2/c17-10-5-1-3-7-13(10)22-15-12(19)9-20-16(21-15)23-14-8-4-2-6-11(14)18/h1-9H. The van der Waals surface area contributed by atoms with E-state index in [9.17, 15) is 13.2 Å². The smallest absolute Gasteiger partial charge is 0.325 e. The SMILES string of the molecule is Fc1ccccc1Oc1ncc(F)c(Oc2ccccc2F)n1. The lowest BCUT2D eigenvalue weighted by Gasteiger charge is -2.08. The molecule has 0 saturated carbocycles. The highest BCUT2D eigenvalue weighted by atomic mass is 19.1. The molecular formula is C16H9F3N2O2. The fourth-order valence-electron chi connectivity index (χ4n) is 1.71. The highest BCUT2D eigenvalue weighted by Gasteiger charge is 2.14. The van der Waals surface area contributed by atoms with Crippen molar-refractivity contribution in [1.29, 1.82) is 0 Å². The van der Waals surface area contributed by atoms with E-state index in [4.69, 9.17) is 9.47 Å². The van der Waals surface area contributed by atoms with E-state index < -0.39 is 23.3 Å². The van der Waals surface area contributed by atoms with Crippen LogP contribution in [0, 0.1) is 17.5 Å². The summed E-state index contributed by atoms with van der Waals surface area (Å²) in [6, 6.07) is 10.7. The lowest BCUT2D eigenvalue weighted by atomic mass is 10.3. The number of ether oxygens (including phenoxy) is 2. The highest BCUT2D eigenvalue weighted by Crippen LogP contribution is 2.27. The Morgan fingerprint density at radius 2 is 1.26 bits per heavy atom. The van der Waals surface area contributed by atoms with Gasteiger partial charge in [0.05, 0.1) is 6.20 Å². The van der Waals surface area contributed by atoms with Crippen molar-refractivity contribution < 1.29 is 22.6 Å². The first-order valence-corrected chi connectivity index (χ1v) is 6.51. The maximum absolute atomic E-state index is 13.7. The van der Waals surface area contributed by atoms with Crippen LogP contribution in [0.25, 0.3) is 0 Å². The van der Waals surface area contributed by atoms with Crippen LogP contribution in [0.5, 0.6) is 23.4 Å². The molecule has 23 heavy (non-hydrogen) atoms. The molecule has 1 aromatic heterocycles. The van der Waals surface area contributed by atoms with Crippen LogP contribution in [-0.4, -0.2) is 9.97 Å². The Balaban J connectivity index is 1.88. The van der Waals surface area contributed by atoms with Crippen molar-refractivity contribution in [3.05, 3.63) is 72.2 Å². The van der Waals surface area contributed by atoms with Crippen LogP contribution >= 0.6 is 0 Å². The fraction of sp³-hybridized carbons (Fsp3) is 0. The average molecular weight is 318 g/mol. The molecule has 116 valence electrons. The van der Waals surface area contributed by atoms with E-state index in [1.165, 1.54) is 36.4 Å². The van der Waals surface area contributed by atoms with Crippen LogP contribution in [-0.2, 0) is 0 Å². The summed E-state index contributed by atoms with van der Waals surface area (Å²) in [6.45, 7) is 0. The number of rotatable bonds is 4. The Hall–Kier alpha value is -3.09. The van der Waals surface area contributed by atoms with E-state index in [1.807, 2.05) is 0 Å². The zero-order valence-electron chi connectivity index (χ0n) is 11.5. The zero-order valence-corrected chi connectivity index (χ0v) is 11.5. The average Bonchev–Trinajstić information content (AvgIpc) is 2.55. The third-order valence-electron chi connectivity index (χ3n) is 2.77. The summed E-state index contributed by atoms with van der Waals surface area (Å²) in [7, 11) is 0. The van der Waals surface area contributed by atoms with E-state index in [-0.39, 0.29) is 17.5 Å². The van der Waals surface area contributed by atoms with Crippen molar-refractivity contribution in [3.8, 4) is 23.4 Å². The summed E-state index contributed by atoms with van der Waals surface area (Å²) < 4.78 is 51.0. The Morgan fingerprint density at radius 1 is 0.696 bits per heavy atom. The molecule has 0 bridgehead atoms. The normalized spacial score (nSPS) is 10.4. The highest BCUT2D eigenvalue weighted by molar-refractivity contribution is 5.30. The van der Waals surface area contributed by atoms with E-state index in [1.54, 1.807) is 6.07 Å². The Labute approximate surface area is 129 Å². The number of halogens is 3. The molecule has 0 aliphatic rings. The molecule has 2 aromatic carbocycles. The fourth-order valence-corrected chi connectivity index (χ4v) is 1.71. The second-order valence-corrected chi connectivity index (χ2v) is 4.37. The van der Waals surface area contributed by atoms with Crippen LogP contribution in [0.15, 0.2) is 54.7 Å². The number of nitrogens with zero attached hydrogens (tertiary/aromatic N) is 2. The molecule has 4 nitrogen and oxygen atoms in total. The van der Waals surface area contributed by atoms with Gasteiger partial charge in [0.25, 0.3) is 5.88 Å². The van der Waals surface area contributed by atoms with Crippen LogP contribution in [0.4, 0.5) is 13.2 Å². The number of aromatic nitrogens is 2. The van der Waals surface area contributed by atoms with Crippen LogP contribution in [0.1, 0.15) is 0 Å². The predicted molar refractivity (Wildman–Crippen MR) is 74.9 cm³/mol.